The van der Waals surface area contributed by atoms with E-state index in [2.05, 4.69) is 15.3 Å². The molecule has 19 heavy (non-hydrogen) atoms. The first-order valence-electron chi connectivity index (χ1n) is 5.91. The van der Waals surface area contributed by atoms with E-state index in [-0.39, 0.29) is 29.0 Å². The third kappa shape index (κ3) is 4.29. The van der Waals surface area contributed by atoms with Crippen LogP contribution < -0.4 is 5.32 Å². The van der Waals surface area contributed by atoms with Crippen LogP contribution in [0.25, 0.3) is 0 Å². The molecule has 1 rings (SSSR count). The van der Waals surface area contributed by atoms with Crippen molar-refractivity contribution >= 4 is 23.1 Å². The van der Waals surface area contributed by atoms with Crippen LogP contribution in [0.5, 0.6) is 0 Å². The number of aromatic nitrogens is 2. The summed E-state index contributed by atoms with van der Waals surface area (Å²) in [6, 6.07) is 0. The highest BCUT2D eigenvalue weighted by Gasteiger charge is 2.25. The lowest BCUT2D eigenvalue weighted by Gasteiger charge is -2.23. The van der Waals surface area contributed by atoms with Crippen molar-refractivity contribution in [1.29, 1.82) is 0 Å². The number of nitrogens with zero attached hydrogens (tertiary/aromatic N) is 3. The van der Waals surface area contributed by atoms with Crippen LogP contribution in [0.1, 0.15) is 32.4 Å². The standard InChI is InChI=1S/C11H17ClN4O3/c1-4-5-11(3,17)6-13-9-8(16(18)19)7(2)14-10(12)15-9/h17H,4-6H2,1-3H3,(H,13,14,15). The molecule has 0 aliphatic carbocycles. The molecule has 1 atom stereocenters. The number of hydrogen-bond donors (Lipinski definition) is 2. The second-order valence-corrected chi connectivity index (χ2v) is 4.97. The summed E-state index contributed by atoms with van der Waals surface area (Å²) in [6.07, 6.45) is 1.38. The fourth-order valence-electron chi connectivity index (χ4n) is 1.78. The number of nitrogens with one attached hydrogen (secondary N) is 1. The molecule has 0 aromatic carbocycles. The Bertz CT molecular complexity index is 479. The van der Waals surface area contributed by atoms with Crippen molar-refractivity contribution in [3.8, 4) is 0 Å². The minimum atomic E-state index is -0.964. The van der Waals surface area contributed by atoms with Gasteiger partial charge in [0.05, 0.1) is 10.5 Å². The first-order valence-corrected chi connectivity index (χ1v) is 6.29. The molecule has 0 radical (unpaired) electrons. The lowest BCUT2D eigenvalue weighted by atomic mass is 10.0. The molecule has 0 saturated heterocycles. The van der Waals surface area contributed by atoms with Crippen molar-refractivity contribution in [3.63, 3.8) is 0 Å². The molecular formula is C11H17ClN4O3. The summed E-state index contributed by atoms with van der Waals surface area (Å²) in [6.45, 7) is 5.24. The van der Waals surface area contributed by atoms with Crippen molar-refractivity contribution in [2.24, 2.45) is 0 Å². The summed E-state index contributed by atoms with van der Waals surface area (Å²) in [5.41, 5.74) is -1.01. The molecule has 0 aliphatic rings. The molecule has 106 valence electrons. The average molecular weight is 289 g/mol. The Kier molecular flexibility index (Phi) is 5.02. The summed E-state index contributed by atoms with van der Waals surface area (Å²) in [7, 11) is 0. The van der Waals surface area contributed by atoms with Gasteiger partial charge >= 0.3 is 5.69 Å². The highest BCUT2D eigenvalue weighted by Crippen LogP contribution is 2.27. The number of halogens is 1. The van der Waals surface area contributed by atoms with Gasteiger partial charge in [0.2, 0.25) is 11.1 Å². The maximum absolute atomic E-state index is 11.0. The van der Waals surface area contributed by atoms with Gasteiger partial charge in [-0.1, -0.05) is 13.3 Å². The van der Waals surface area contributed by atoms with E-state index in [1.54, 1.807) is 6.92 Å². The largest absolute Gasteiger partial charge is 0.388 e. The van der Waals surface area contributed by atoms with Gasteiger partial charge in [0.15, 0.2) is 0 Å². The predicted molar refractivity (Wildman–Crippen MR) is 72.5 cm³/mol. The minimum absolute atomic E-state index is 0.0267. The maximum atomic E-state index is 11.0. The lowest BCUT2D eigenvalue weighted by molar-refractivity contribution is -0.385. The van der Waals surface area contributed by atoms with Gasteiger partial charge in [-0.15, -0.1) is 0 Å². The van der Waals surface area contributed by atoms with Crippen LogP contribution in [0.3, 0.4) is 0 Å². The maximum Gasteiger partial charge on any atom is 0.332 e. The van der Waals surface area contributed by atoms with E-state index in [4.69, 9.17) is 11.6 Å². The highest BCUT2D eigenvalue weighted by molar-refractivity contribution is 6.28. The summed E-state index contributed by atoms with van der Waals surface area (Å²) < 4.78 is 0. The Hall–Kier alpha value is -1.47. The van der Waals surface area contributed by atoms with Crippen LogP contribution >= 0.6 is 11.6 Å². The van der Waals surface area contributed by atoms with Crippen LogP contribution in [-0.4, -0.2) is 32.1 Å². The molecule has 1 aromatic heterocycles. The van der Waals surface area contributed by atoms with E-state index in [0.29, 0.717) is 6.42 Å². The van der Waals surface area contributed by atoms with Crippen molar-refractivity contribution < 1.29 is 10.0 Å². The number of anilines is 1. The molecule has 1 heterocycles. The van der Waals surface area contributed by atoms with Gasteiger partial charge in [-0.05, 0) is 31.9 Å². The predicted octanol–water partition coefficient (Wildman–Crippen LogP) is 2.31. The zero-order valence-electron chi connectivity index (χ0n) is 11.1. The van der Waals surface area contributed by atoms with E-state index < -0.39 is 10.5 Å². The first-order chi connectivity index (χ1) is 8.76. The smallest absolute Gasteiger partial charge is 0.332 e. The normalized spacial score (nSPS) is 13.9. The van der Waals surface area contributed by atoms with Crippen molar-refractivity contribution in [1.82, 2.24) is 9.97 Å². The molecule has 7 nitrogen and oxygen atoms in total. The topological polar surface area (TPSA) is 101 Å². The van der Waals surface area contributed by atoms with Crippen LogP contribution in [0.15, 0.2) is 0 Å². The Morgan fingerprint density at radius 1 is 1.53 bits per heavy atom. The molecule has 0 spiro atoms. The zero-order chi connectivity index (χ0) is 14.6. The Balaban J connectivity index is 2.97. The van der Waals surface area contributed by atoms with E-state index >= 15 is 0 Å². The van der Waals surface area contributed by atoms with Gasteiger partial charge in [-0.3, -0.25) is 10.1 Å². The molecular weight excluding hydrogens is 272 g/mol. The highest BCUT2D eigenvalue weighted by atomic mass is 35.5. The van der Waals surface area contributed by atoms with Crippen LogP contribution in [0.2, 0.25) is 5.28 Å². The molecule has 8 heteroatoms. The fraction of sp³-hybridized carbons (Fsp3) is 0.636. The second-order valence-electron chi connectivity index (χ2n) is 4.63. The van der Waals surface area contributed by atoms with Crippen molar-refractivity contribution in [3.05, 3.63) is 21.1 Å². The summed E-state index contributed by atoms with van der Waals surface area (Å²) >= 11 is 5.69. The average Bonchev–Trinajstić information content (AvgIpc) is 2.24. The summed E-state index contributed by atoms with van der Waals surface area (Å²) in [5.74, 6) is 0.0267. The SMILES string of the molecule is CCCC(C)(O)CNc1nc(Cl)nc(C)c1[N+](=O)[O-]. The van der Waals surface area contributed by atoms with E-state index in [9.17, 15) is 15.2 Å². The molecule has 0 amide bonds. The lowest BCUT2D eigenvalue weighted by Crippen LogP contribution is -2.33. The Morgan fingerprint density at radius 3 is 2.68 bits per heavy atom. The van der Waals surface area contributed by atoms with Crippen LogP contribution in [-0.2, 0) is 0 Å². The number of hydrogen-bond acceptors (Lipinski definition) is 6. The van der Waals surface area contributed by atoms with E-state index in [0.717, 1.165) is 6.42 Å². The Morgan fingerprint density at radius 2 is 2.16 bits per heavy atom. The Labute approximate surface area is 116 Å². The van der Waals surface area contributed by atoms with E-state index in [1.807, 2.05) is 6.92 Å². The first kappa shape index (κ1) is 15.6. The molecule has 1 aromatic rings. The third-order valence-corrected chi connectivity index (χ3v) is 2.81. The number of aliphatic hydroxyl groups is 1. The molecule has 2 N–H and O–H groups in total. The van der Waals surface area contributed by atoms with Gasteiger partial charge in [0.1, 0.15) is 5.69 Å². The zero-order valence-corrected chi connectivity index (χ0v) is 11.9. The van der Waals surface area contributed by atoms with E-state index in [1.165, 1.54) is 6.92 Å². The minimum Gasteiger partial charge on any atom is -0.388 e. The number of rotatable bonds is 6. The third-order valence-electron chi connectivity index (χ3n) is 2.64. The number of aryl methyl sites for hydroxylation is 1. The van der Waals surface area contributed by atoms with Gasteiger partial charge in [-0.2, -0.15) is 4.98 Å². The molecule has 0 fully saturated rings. The second kappa shape index (κ2) is 6.12. The van der Waals surface area contributed by atoms with Crippen molar-refractivity contribution in [2.45, 2.75) is 39.2 Å². The fourth-order valence-corrected chi connectivity index (χ4v) is 1.99. The quantitative estimate of drug-likeness (QED) is 0.473. The van der Waals surface area contributed by atoms with Gasteiger partial charge in [-0.25, -0.2) is 4.98 Å². The molecule has 0 bridgehead atoms. The van der Waals surface area contributed by atoms with Gasteiger partial charge < -0.3 is 10.4 Å². The molecule has 0 aliphatic heterocycles. The van der Waals surface area contributed by atoms with Crippen molar-refractivity contribution in [2.75, 3.05) is 11.9 Å². The summed E-state index contributed by atoms with van der Waals surface area (Å²) in [5, 5.41) is 23.7. The monoisotopic (exact) mass is 288 g/mol. The number of nitro groups is 1. The van der Waals surface area contributed by atoms with Gasteiger partial charge in [0, 0.05) is 6.54 Å². The van der Waals surface area contributed by atoms with Gasteiger partial charge in [0.25, 0.3) is 0 Å². The van der Waals surface area contributed by atoms with Crippen LogP contribution in [0, 0.1) is 17.0 Å². The molecule has 1 unspecified atom stereocenters. The molecule has 0 saturated carbocycles. The van der Waals surface area contributed by atoms with Crippen LogP contribution in [0.4, 0.5) is 11.5 Å². The summed E-state index contributed by atoms with van der Waals surface area (Å²) in [4.78, 5) is 18.0.